The van der Waals surface area contributed by atoms with Gasteiger partial charge in [-0.25, -0.2) is 4.99 Å². The fraction of sp³-hybridized carbons (Fsp3) is 0.375. The Bertz CT molecular complexity index is 1610. The maximum absolute atomic E-state index is 13.8. The zero-order chi connectivity index (χ0) is 30.3. The molecule has 0 atom stereocenters. The molecule has 0 spiro atoms. The minimum absolute atomic E-state index is 0.0485. The SMILES string of the molecule is CCC(=O)N=C1C=C2C(=CC1=C1C(=O)C(c3cc4c(cc3NC(=O)CC)N(CC)CCC4=O)=C1O)C(=O)CCN2CC. The highest BCUT2D eigenvalue weighted by Gasteiger charge is 2.41. The average molecular weight is 571 g/mol. The van der Waals surface area contributed by atoms with Crippen LogP contribution >= 0.6 is 0 Å². The Morgan fingerprint density at radius 2 is 1.57 bits per heavy atom. The minimum atomic E-state index is -0.536. The van der Waals surface area contributed by atoms with E-state index >= 15 is 0 Å². The van der Waals surface area contributed by atoms with E-state index in [2.05, 4.69) is 10.3 Å². The number of aliphatic hydroxyl groups is 1. The number of aliphatic hydroxyl groups excluding tert-OH is 1. The van der Waals surface area contributed by atoms with Gasteiger partial charge < -0.3 is 20.2 Å². The van der Waals surface area contributed by atoms with Crippen LogP contribution in [0.4, 0.5) is 11.4 Å². The summed E-state index contributed by atoms with van der Waals surface area (Å²) in [5.74, 6) is -1.77. The first-order valence-electron chi connectivity index (χ1n) is 14.5. The molecule has 2 N–H and O–H groups in total. The van der Waals surface area contributed by atoms with Gasteiger partial charge in [0.1, 0.15) is 5.76 Å². The van der Waals surface area contributed by atoms with Gasteiger partial charge in [0, 0.05) is 85.5 Å². The van der Waals surface area contributed by atoms with Gasteiger partial charge in [0.05, 0.1) is 22.5 Å². The van der Waals surface area contributed by atoms with Crippen molar-refractivity contribution in [3.05, 3.63) is 63.6 Å². The molecule has 2 aliphatic heterocycles. The van der Waals surface area contributed by atoms with Crippen molar-refractivity contribution in [1.29, 1.82) is 0 Å². The van der Waals surface area contributed by atoms with E-state index < -0.39 is 11.7 Å². The van der Waals surface area contributed by atoms with E-state index in [-0.39, 0.29) is 64.1 Å². The molecule has 1 saturated heterocycles. The van der Waals surface area contributed by atoms with Crippen LogP contribution in [-0.2, 0) is 19.2 Å². The lowest BCUT2D eigenvalue weighted by Gasteiger charge is -2.35. The zero-order valence-corrected chi connectivity index (χ0v) is 24.3. The normalized spacial score (nSPS) is 21.1. The Hall–Kier alpha value is -4.60. The number of likely N-dealkylation sites (tertiary alicyclic amines) is 1. The minimum Gasteiger partial charge on any atom is -0.506 e. The monoisotopic (exact) mass is 570 g/mol. The number of nitrogens with one attached hydrogen (secondary N) is 1. The standard InChI is InChI=1S/C32H34N4O6/c1-5-27(39)33-21-15-23-19(25(37)9-11-35(23)7-3)13-17(21)29-31(41)30(32(29)42)18-14-20-24(16-22(18)34-28(40)6-2)36(8-4)12-10-26(20)38/h13-16,41H,5-12H2,1-4H3,(H,33,39). The number of aliphatic imine (C=N–C) groups is 1. The molecule has 42 heavy (non-hydrogen) atoms. The van der Waals surface area contributed by atoms with E-state index in [0.29, 0.717) is 67.2 Å². The third-order valence-corrected chi connectivity index (χ3v) is 8.12. The number of carbonyl (C=O) groups is 5. The molecule has 0 radical (unpaired) electrons. The van der Waals surface area contributed by atoms with Crippen LogP contribution in [0.5, 0.6) is 0 Å². The number of piperidine rings is 1. The van der Waals surface area contributed by atoms with Crippen LogP contribution in [0.2, 0.25) is 0 Å². The van der Waals surface area contributed by atoms with Gasteiger partial charge in [0.2, 0.25) is 17.6 Å². The number of likely N-dealkylation sites (N-methyl/N-ethyl adjacent to an activating group) is 1. The first kappa shape index (κ1) is 28.9. The Morgan fingerprint density at radius 1 is 0.881 bits per heavy atom. The predicted molar refractivity (Wildman–Crippen MR) is 160 cm³/mol. The van der Waals surface area contributed by atoms with Crippen molar-refractivity contribution in [2.24, 2.45) is 4.99 Å². The van der Waals surface area contributed by atoms with Crippen LogP contribution in [0.25, 0.3) is 5.57 Å². The second kappa shape index (κ2) is 11.3. The molecule has 218 valence electrons. The number of amides is 2. The number of anilines is 2. The maximum atomic E-state index is 13.8. The summed E-state index contributed by atoms with van der Waals surface area (Å²) in [4.78, 5) is 72.7. The molecule has 2 heterocycles. The Morgan fingerprint density at radius 3 is 2.21 bits per heavy atom. The van der Waals surface area contributed by atoms with E-state index in [1.807, 2.05) is 23.6 Å². The number of hydrogen-bond acceptors (Lipinski definition) is 8. The lowest BCUT2D eigenvalue weighted by molar-refractivity contribution is -0.117. The highest BCUT2D eigenvalue weighted by atomic mass is 16.3. The first-order chi connectivity index (χ1) is 20.1. The largest absolute Gasteiger partial charge is 0.506 e. The van der Waals surface area contributed by atoms with Gasteiger partial charge in [0.15, 0.2) is 11.6 Å². The van der Waals surface area contributed by atoms with Gasteiger partial charge in [0.25, 0.3) is 0 Å². The van der Waals surface area contributed by atoms with Crippen molar-refractivity contribution >= 4 is 51.8 Å². The zero-order valence-electron chi connectivity index (χ0n) is 24.3. The van der Waals surface area contributed by atoms with Gasteiger partial charge in [-0.15, -0.1) is 0 Å². The number of ketones is 3. The fourth-order valence-corrected chi connectivity index (χ4v) is 5.73. The van der Waals surface area contributed by atoms with Gasteiger partial charge in [-0.2, -0.15) is 0 Å². The molecule has 2 amide bonds. The number of fused-ring (bicyclic) bond motifs is 2. The van der Waals surface area contributed by atoms with Crippen molar-refractivity contribution in [2.45, 2.75) is 53.4 Å². The molecule has 0 unspecified atom stereocenters. The smallest absolute Gasteiger partial charge is 0.245 e. The molecule has 10 nitrogen and oxygen atoms in total. The number of allylic oxidation sites excluding steroid dienone is 6. The fourth-order valence-electron chi connectivity index (χ4n) is 5.73. The quantitative estimate of drug-likeness (QED) is 0.488. The Kier molecular flexibility index (Phi) is 7.81. The number of nitrogens with zero attached hydrogens (tertiary/aromatic N) is 3. The van der Waals surface area contributed by atoms with E-state index in [1.165, 1.54) is 6.08 Å². The molecule has 2 aliphatic carbocycles. The summed E-state index contributed by atoms with van der Waals surface area (Å²) in [5, 5.41) is 14.2. The molecule has 5 rings (SSSR count). The third-order valence-electron chi connectivity index (χ3n) is 8.12. The summed E-state index contributed by atoms with van der Waals surface area (Å²) in [6.45, 7) is 9.68. The van der Waals surface area contributed by atoms with Gasteiger partial charge in [-0.1, -0.05) is 13.8 Å². The Labute approximate surface area is 244 Å². The highest BCUT2D eigenvalue weighted by molar-refractivity contribution is 6.42. The molecule has 10 heteroatoms. The molecular weight excluding hydrogens is 536 g/mol. The number of carbonyl (C=O) groups excluding carboxylic acids is 5. The van der Waals surface area contributed by atoms with Crippen molar-refractivity contribution < 1.29 is 29.1 Å². The summed E-state index contributed by atoms with van der Waals surface area (Å²) in [5.41, 5.74) is 2.93. The van der Waals surface area contributed by atoms with E-state index in [9.17, 15) is 29.1 Å². The second-order valence-electron chi connectivity index (χ2n) is 10.5. The third kappa shape index (κ3) is 4.80. The number of hydrogen-bond donors (Lipinski definition) is 2. The average Bonchev–Trinajstić information content (AvgIpc) is 2.98. The van der Waals surface area contributed by atoms with Crippen LogP contribution in [0.1, 0.15) is 69.3 Å². The van der Waals surface area contributed by atoms with Crippen LogP contribution < -0.4 is 10.2 Å². The Balaban J connectivity index is 1.71. The summed E-state index contributed by atoms with van der Waals surface area (Å²) < 4.78 is 0. The topological polar surface area (TPSA) is 136 Å². The van der Waals surface area contributed by atoms with Crippen LogP contribution in [0, 0.1) is 0 Å². The molecule has 0 aromatic heterocycles. The number of Topliss-reactive ketones (excluding diaryl/α,β-unsaturated/α-hetero) is 3. The van der Waals surface area contributed by atoms with E-state index in [4.69, 9.17) is 0 Å². The van der Waals surface area contributed by atoms with Gasteiger partial charge >= 0.3 is 0 Å². The summed E-state index contributed by atoms with van der Waals surface area (Å²) in [7, 11) is 0. The first-order valence-corrected chi connectivity index (χ1v) is 14.5. The summed E-state index contributed by atoms with van der Waals surface area (Å²) >= 11 is 0. The van der Waals surface area contributed by atoms with E-state index in [1.54, 1.807) is 32.1 Å². The number of benzene rings is 1. The molecular formula is C32H34N4O6. The summed E-state index contributed by atoms with van der Waals surface area (Å²) in [6, 6.07) is 3.24. The van der Waals surface area contributed by atoms with Gasteiger partial charge in [-0.05, 0) is 38.1 Å². The van der Waals surface area contributed by atoms with Crippen molar-refractivity contribution in [1.82, 2.24) is 4.90 Å². The van der Waals surface area contributed by atoms with Crippen molar-refractivity contribution in [3.63, 3.8) is 0 Å². The molecule has 1 aromatic carbocycles. The van der Waals surface area contributed by atoms with Crippen molar-refractivity contribution in [2.75, 3.05) is 36.4 Å². The second-order valence-corrected chi connectivity index (χ2v) is 10.5. The lowest BCUT2D eigenvalue weighted by atomic mass is 9.76. The van der Waals surface area contributed by atoms with Crippen molar-refractivity contribution in [3.8, 4) is 0 Å². The van der Waals surface area contributed by atoms with E-state index in [0.717, 1.165) is 0 Å². The number of rotatable bonds is 6. The molecule has 1 fully saturated rings. The summed E-state index contributed by atoms with van der Waals surface area (Å²) in [6.07, 6.45) is 4.12. The molecule has 0 bridgehead atoms. The predicted octanol–water partition coefficient (Wildman–Crippen LogP) is 4.09. The van der Waals surface area contributed by atoms with Crippen LogP contribution in [-0.4, -0.2) is 71.1 Å². The van der Waals surface area contributed by atoms with Gasteiger partial charge in [-0.3, -0.25) is 24.0 Å². The molecule has 1 aromatic rings. The van der Waals surface area contributed by atoms with Crippen LogP contribution in [0.3, 0.4) is 0 Å². The lowest BCUT2D eigenvalue weighted by Crippen LogP contribution is -2.36. The molecule has 4 aliphatic rings. The highest BCUT2D eigenvalue weighted by Crippen LogP contribution is 2.45. The van der Waals surface area contributed by atoms with Crippen LogP contribution in [0.15, 0.2) is 57.5 Å². The molecule has 0 saturated carbocycles. The maximum Gasteiger partial charge on any atom is 0.245 e.